The highest BCUT2D eigenvalue weighted by Crippen LogP contribution is 2.37. The van der Waals surface area contributed by atoms with Gasteiger partial charge in [0.15, 0.2) is 0 Å². The van der Waals surface area contributed by atoms with Crippen LogP contribution in [-0.2, 0) is 6.54 Å². The molecule has 0 amide bonds. The molecule has 2 unspecified atom stereocenters. The van der Waals surface area contributed by atoms with E-state index in [1.54, 1.807) is 0 Å². The molecule has 0 bridgehead atoms. The van der Waals surface area contributed by atoms with Gasteiger partial charge in [0.05, 0.1) is 0 Å². The Morgan fingerprint density at radius 2 is 2.22 bits per heavy atom. The summed E-state index contributed by atoms with van der Waals surface area (Å²) in [5.74, 6) is 0.0880. The molecule has 3 nitrogen and oxygen atoms in total. The Hall–Kier alpha value is -0.870. The highest BCUT2D eigenvalue weighted by atomic mass is 32.1. The van der Waals surface area contributed by atoms with Crippen molar-refractivity contribution in [2.45, 2.75) is 44.7 Å². The summed E-state index contributed by atoms with van der Waals surface area (Å²) in [5.41, 5.74) is 0.999. The maximum Gasteiger partial charge on any atom is 0.346 e. The van der Waals surface area contributed by atoms with Gasteiger partial charge in [0.1, 0.15) is 4.88 Å². The fraction of sp³-hybridized carbons (Fsp3) is 0.643. The third-order valence-corrected chi connectivity index (χ3v) is 5.38. The first kappa shape index (κ1) is 12.2. The standard InChI is InChI=1S/C14H19NO2S/c16-14(17)13-11(6-8-18-13)9-15-7-5-10-3-1-2-4-12(10)15/h6,8,10,12H,1-5,7,9H2,(H,16,17). The Kier molecular flexibility index (Phi) is 3.39. The first-order chi connectivity index (χ1) is 8.75. The Morgan fingerprint density at radius 3 is 3.06 bits per heavy atom. The Bertz CT molecular complexity index is 443. The lowest BCUT2D eigenvalue weighted by Gasteiger charge is -2.31. The van der Waals surface area contributed by atoms with Gasteiger partial charge >= 0.3 is 5.97 Å². The van der Waals surface area contributed by atoms with Crippen LogP contribution in [0.15, 0.2) is 11.4 Å². The summed E-state index contributed by atoms with van der Waals surface area (Å²) in [6.45, 7) is 1.97. The topological polar surface area (TPSA) is 40.5 Å². The lowest BCUT2D eigenvalue weighted by Crippen LogP contribution is -2.34. The van der Waals surface area contributed by atoms with E-state index in [4.69, 9.17) is 5.11 Å². The van der Waals surface area contributed by atoms with E-state index in [1.165, 1.54) is 43.4 Å². The molecule has 1 aromatic heterocycles. The van der Waals surface area contributed by atoms with Gasteiger partial charge in [0.2, 0.25) is 0 Å². The van der Waals surface area contributed by atoms with Crippen molar-refractivity contribution in [2.24, 2.45) is 5.92 Å². The lowest BCUT2D eigenvalue weighted by atomic mass is 9.85. The van der Waals surface area contributed by atoms with Crippen molar-refractivity contribution < 1.29 is 9.90 Å². The van der Waals surface area contributed by atoms with Crippen molar-refractivity contribution in [3.8, 4) is 0 Å². The molecule has 1 saturated heterocycles. The number of carboxylic acids is 1. The fourth-order valence-corrected chi connectivity index (χ4v) is 4.32. The first-order valence-electron chi connectivity index (χ1n) is 6.79. The molecule has 3 rings (SSSR count). The number of hydrogen-bond donors (Lipinski definition) is 1. The molecule has 98 valence electrons. The van der Waals surface area contributed by atoms with Crippen LogP contribution in [-0.4, -0.2) is 28.6 Å². The van der Waals surface area contributed by atoms with Crippen LogP contribution in [0.5, 0.6) is 0 Å². The second-order valence-electron chi connectivity index (χ2n) is 5.45. The van der Waals surface area contributed by atoms with E-state index in [-0.39, 0.29) is 0 Å². The monoisotopic (exact) mass is 265 g/mol. The smallest absolute Gasteiger partial charge is 0.346 e. The highest BCUT2D eigenvalue weighted by Gasteiger charge is 2.35. The van der Waals surface area contributed by atoms with Gasteiger partial charge in [-0.3, -0.25) is 4.90 Å². The number of fused-ring (bicyclic) bond motifs is 1. The van der Waals surface area contributed by atoms with Gasteiger partial charge in [-0.15, -0.1) is 11.3 Å². The summed E-state index contributed by atoms with van der Waals surface area (Å²) in [7, 11) is 0. The number of carbonyl (C=O) groups is 1. The zero-order valence-corrected chi connectivity index (χ0v) is 11.3. The largest absolute Gasteiger partial charge is 0.477 e. The van der Waals surface area contributed by atoms with Gasteiger partial charge in [-0.1, -0.05) is 12.8 Å². The quantitative estimate of drug-likeness (QED) is 0.912. The molecule has 1 aromatic rings. The average Bonchev–Trinajstić information content (AvgIpc) is 2.97. The summed E-state index contributed by atoms with van der Waals surface area (Å²) in [6, 6.07) is 2.69. The van der Waals surface area contributed by atoms with Gasteiger partial charge in [-0.2, -0.15) is 0 Å². The van der Waals surface area contributed by atoms with E-state index in [0.717, 1.165) is 24.6 Å². The van der Waals surface area contributed by atoms with Crippen LogP contribution in [0.1, 0.15) is 47.3 Å². The average molecular weight is 265 g/mol. The van der Waals surface area contributed by atoms with Gasteiger partial charge in [0.25, 0.3) is 0 Å². The molecule has 1 saturated carbocycles. The molecule has 0 spiro atoms. The summed E-state index contributed by atoms with van der Waals surface area (Å²) < 4.78 is 0. The third kappa shape index (κ3) is 2.19. The molecule has 2 aliphatic rings. The van der Waals surface area contributed by atoms with E-state index < -0.39 is 5.97 Å². The van der Waals surface area contributed by atoms with Crippen LogP contribution in [0.4, 0.5) is 0 Å². The molecule has 2 heterocycles. The number of nitrogens with zero attached hydrogens (tertiary/aromatic N) is 1. The van der Waals surface area contributed by atoms with Crippen LogP contribution < -0.4 is 0 Å². The molecular formula is C14H19NO2S. The predicted molar refractivity (Wildman–Crippen MR) is 72.1 cm³/mol. The van der Waals surface area contributed by atoms with Crippen molar-refractivity contribution >= 4 is 17.3 Å². The maximum absolute atomic E-state index is 11.1. The van der Waals surface area contributed by atoms with Crippen molar-refractivity contribution in [3.05, 3.63) is 21.9 Å². The van der Waals surface area contributed by atoms with Crippen molar-refractivity contribution in [2.75, 3.05) is 6.54 Å². The van der Waals surface area contributed by atoms with Crippen LogP contribution >= 0.6 is 11.3 Å². The highest BCUT2D eigenvalue weighted by molar-refractivity contribution is 7.12. The zero-order valence-electron chi connectivity index (χ0n) is 10.5. The molecule has 18 heavy (non-hydrogen) atoms. The number of carboxylic acid groups (broad SMARTS) is 1. The zero-order chi connectivity index (χ0) is 12.5. The molecule has 0 aromatic carbocycles. The summed E-state index contributed by atoms with van der Waals surface area (Å²) >= 11 is 1.34. The van der Waals surface area contributed by atoms with Gasteiger partial charge < -0.3 is 5.11 Å². The minimum Gasteiger partial charge on any atom is -0.477 e. The van der Waals surface area contributed by atoms with Crippen LogP contribution in [0.2, 0.25) is 0 Å². The maximum atomic E-state index is 11.1. The first-order valence-corrected chi connectivity index (χ1v) is 7.67. The SMILES string of the molecule is O=C(O)c1sccc1CN1CCC2CCCCC21. The molecule has 2 atom stereocenters. The summed E-state index contributed by atoms with van der Waals surface area (Å²) in [4.78, 5) is 14.2. The molecule has 1 aliphatic carbocycles. The molecule has 4 heteroatoms. The fourth-order valence-electron chi connectivity index (χ4n) is 3.57. The number of likely N-dealkylation sites (tertiary alicyclic amines) is 1. The van der Waals surface area contributed by atoms with Crippen LogP contribution in [0.25, 0.3) is 0 Å². The Labute approximate surface area is 111 Å². The second-order valence-corrected chi connectivity index (χ2v) is 6.37. The second kappa shape index (κ2) is 5.02. The molecular weight excluding hydrogens is 246 g/mol. The van der Waals surface area contributed by atoms with Crippen molar-refractivity contribution in [3.63, 3.8) is 0 Å². The van der Waals surface area contributed by atoms with Gasteiger partial charge in [0, 0.05) is 12.6 Å². The van der Waals surface area contributed by atoms with E-state index in [9.17, 15) is 4.79 Å². The Morgan fingerprint density at radius 1 is 1.39 bits per heavy atom. The third-order valence-electron chi connectivity index (χ3n) is 4.44. The molecule has 0 radical (unpaired) electrons. The van der Waals surface area contributed by atoms with E-state index in [0.29, 0.717) is 10.9 Å². The minimum atomic E-state index is -0.778. The van der Waals surface area contributed by atoms with Crippen molar-refractivity contribution in [1.29, 1.82) is 0 Å². The summed E-state index contributed by atoms with van der Waals surface area (Å²) in [6.07, 6.45) is 6.70. The van der Waals surface area contributed by atoms with Crippen LogP contribution in [0.3, 0.4) is 0 Å². The van der Waals surface area contributed by atoms with E-state index >= 15 is 0 Å². The Balaban J connectivity index is 1.72. The summed E-state index contributed by atoms with van der Waals surface area (Å²) in [5, 5.41) is 11.0. The lowest BCUT2D eigenvalue weighted by molar-refractivity contribution is 0.0699. The molecule has 1 N–H and O–H groups in total. The van der Waals surface area contributed by atoms with Crippen LogP contribution in [0, 0.1) is 5.92 Å². The van der Waals surface area contributed by atoms with E-state index in [1.807, 2.05) is 11.4 Å². The van der Waals surface area contributed by atoms with Gasteiger partial charge in [-0.05, 0) is 48.7 Å². The van der Waals surface area contributed by atoms with Gasteiger partial charge in [-0.25, -0.2) is 4.79 Å². The minimum absolute atomic E-state index is 0.522. The predicted octanol–water partition coefficient (Wildman–Crippen LogP) is 3.21. The number of aromatic carboxylic acids is 1. The van der Waals surface area contributed by atoms with Crippen molar-refractivity contribution in [1.82, 2.24) is 4.90 Å². The number of thiophene rings is 1. The normalized spacial score (nSPS) is 28.2. The number of rotatable bonds is 3. The molecule has 2 fully saturated rings. The van der Waals surface area contributed by atoms with E-state index in [2.05, 4.69) is 4.90 Å². The molecule has 1 aliphatic heterocycles. The number of hydrogen-bond acceptors (Lipinski definition) is 3.